The highest BCUT2D eigenvalue weighted by atomic mass is 28.2. The van der Waals surface area contributed by atoms with Crippen molar-refractivity contribution in [1.29, 1.82) is 0 Å². The minimum absolute atomic E-state index is 0.265. The van der Waals surface area contributed by atoms with Gasteiger partial charge >= 0.3 is 0 Å². The number of benzene rings is 4. The Bertz CT molecular complexity index is 2290. The summed E-state index contributed by atoms with van der Waals surface area (Å²) < 4.78 is 12.8. The number of rotatable bonds is 10. The molecule has 2 aromatic heterocycles. The monoisotopic (exact) mass is 738 g/mol. The highest BCUT2D eigenvalue weighted by Crippen LogP contribution is 2.52. The van der Waals surface area contributed by atoms with Gasteiger partial charge in [-0.25, -0.2) is 0 Å². The Hall–Kier alpha value is -4.86. The number of aryl methyl sites for hydroxylation is 4. The van der Waals surface area contributed by atoms with Gasteiger partial charge in [-0.05, 0) is 180 Å². The predicted molar refractivity (Wildman–Crippen MR) is 234 cm³/mol. The number of furan rings is 2. The summed E-state index contributed by atoms with van der Waals surface area (Å²) in [6, 6.07) is 34.2. The largest absolute Gasteiger partial charge is 0.462 e. The molecule has 0 bridgehead atoms. The van der Waals surface area contributed by atoms with Gasteiger partial charge in [-0.15, -0.1) is 0 Å². The molecule has 0 amide bonds. The Morgan fingerprint density at radius 1 is 0.509 bits per heavy atom. The quantitative estimate of drug-likeness (QED) is 0.131. The van der Waals surface area contributed by atoms with Crippen molar-refractivity contribution in [1.82, 2.24) is 0 Å². The predicted octanol–water partition coefficient (Wildman–Crippen LogP) is 14.8. The lowest BCUT2D eigenvalue weighted by molar-refractivity contribution is 0.518. The molecule has 8 rings (SSSR count). The number of hydrogen-bond donors (Lipinski definition) is 0. The molecule has 2 unspecified atom stereocenters. The lowest BCUT2D eigenvalue weighted by Crippen LogP contribution is -2.08. The first-order chi connectivity index (χ1) is 26.4. The van der Waals surface area contributed by atoms with Gasteiger partial charge < -0.3 is 8.83 Å². The number of fused-ring (bicyclic) bond motifs is 2. The van der Waals surface area contributed by atoms with Crippen LogP contribution in [0, 0.1) is 41.5 Å². The summed E-state index contributed by atoms with van der Waals surface area (Å²) in [7, 11) is 0.740. The second-order valence-corrected chi connectivity index (χ2v) is 18.0. The summed E-state index contributed by atoms with van der Waals surface area (Å²) in [5.74, 6) is 5.45. The van der Waals surface area contributed by atoms with Gasteiger partial charge in [0.25, 0.3) is 0 Å². The van der Waals surface area contributed by atoms with Crippen LogP contribution in [0.5, 0.6) is 0 Å². The van der Waals surface area contributed by atoms with Gasteiger partial charge in [0, 0.05) is 32.5 Å². The molecule has 0 saturated carbocycles. The van der Waals surface area contributed by atoms with Crippen LogP contribution >= 0.6 is 0 Å². The van der Waals surface area contributed by atoms with Crippen LogP contribution in [0.2, 0.25) is 12.1 Å². The molecule has 0 spiro atoms. The van der Waals surface area contributed by atoms with Gasteiger partial charge in [-0.3, -0.25) is 0 Å². The van der Waals surface area contributed by atoms with Gasteiger partial charge in [-0.1, -0.05) is 88.4 Å². The molecule has 3 heteroatoms. The van der Waals surface area contributed by atoms with E-state index in [1.165, 1.54) is 89.0 Å². The van der Waals surface area contributed by atoms with Crippen LogP contribution in [0.4, 0.5) is 0 Å². The maximum absolute atomic E-state index is 6.39. The zero-order valence-corrected chi connectivity index (χ0v) is 35.3. The molecule has 278 valence electrons. The van der Waals surface area contributed by atoms with E-state index in [1.54, 1.807) is 0 Å². The highest BCUT2D eigenvalue weighted by Gasteiger charge is 2.34. The van der Waals surface area contributed by atoms with E-state index in [2.05, 4.69) is 166 Å². The second-order valence-electron chi connectivity index (χ2n) is 16.7. The molecule has 2 atom stereocenters. The van der Waals surface area contributed by atoms with Crippen LogP contribution in [0.25, 0.3) is 45.6 Å². The van der Waals surface area contributed by atoms with E-state index in [-0.39, 0.29) is 11.8 Å². The van der Waals surface area contributed by atoms with E-state index >= 15 is 0 Å². The van der Waals surface area contributed by atoms with Crippen molar-refractivity contribution in [3.8, 4) is 22.3 Å². The Kier molecular flexibility index (Phi) is 9.88. The van der Waals surface area contributed by atoms with Crippen LogP contribution in [0.1, 0.15) is 130 Å². The molecule has 2 nitrogen and oxygen atoms in total. The van der Waals surface area contributed by atoms with Crippen LogP contribution in [0.15, 0.2) is 93.8 Å². The molecule has 55 heavy (non-hydrogen) atoms. The maximum Gasteiger partial charge on any atom is 0.130 e. The topological polar surface area (TPSA) is 26.3 Å². The average Bonchev–Trinajstić information content (AvgIpc) is 3.95. The third-order valence-corrected chi connectivity index (χ3v) is 13.8. The Morgan fingerprint density at radius 2 is 0.891 bits per heavy atom. The maximum atomic E-state index is 6.39. The van der Waals surface area contributed by atoms with Gasteiger partial charge in [0.15, 0.2) is 0 Å². The summed E-state index contributed by atoms with van der Waals surface area (Å²) in [4.78, 5) is 0. The average molecular weight is 739 g/mol. The van der Waals surface area contributed by atoms with Crippen molar-refractivity contribution in [2.75, 3.05) is 0 Å². The van der Waals surface area contributed by atoms with E-state index < -0.39 is 0 Å². The fourth-order valence-electron chi connectivity index (χ4n) is 8.95. The van der Waals surface area contributed by atoms with E-state index in [1.807, 2.05) is 0 Å². The fraction of sp³-hybridized carbons (Fsp3) is 0.308. The van der Waals surface area contributed by atoms with Crippen LogP contribution in [-0.2, 0) is 0 Å². The van der Waals surface area contributed by atoms with Crippen LogP contribution < -0.4 is 0 Å². The zero-order chi connectivity index (χ0) is 38.7. The van der Waals surface area contributed by atoms with Crippen LogP contribution in [-0.4, -0.2) is 9.52 Å². The molecule has 0 aliphatic heterocycles. The van der Waals surface area contributed by atoms with Gasteiger partial charge in [0.1, 0.15) is 23.0 Å². The third kappa shape index (κ3) is 6.75. The molecular weight excluding hydrogens is 685 g/mol. The van der Waals surface area contributed by atoms with Gasteiger partial charge in [0.05, 0.1) is 0 Å². The molecule has 2 aliphatic carbocycles. The molecule has 0 N–H and O–H groups in total. The Balaban J connectivity index is 1.17. The van der Waals surface area contributed by atoms with Crippen LogP contribution in [0.3, 0.4) is 0 Å². The van der Waals surface area contributed by atoms with Crippen molar-refractivity contribution in [3.63, 3.8) is 0 Å². The lowest BCUT2D eigenvalue weighted by Gasteiger charge is -2.22. The third-order valence-electron chi connectivity index (χ3n) is 12.4. The molecule has 0 fully saturated rings. The first kappa shape index (κ1) is 37.1. The van der Waals surface area contributed by atoms with E-state index in [0.29, 0.717) is 11.8 Å². The highest BCUT2D eigenvalue weighted by molar-refractivity contribution is 6.37. The summed E-state index contributed by atoms with van der Waals surface area (Å²) in [5, 5.41) is 0. The van der Waals surface area contributed by atoms with E-state index in [0.717, 1.165) is 44.6 Å². The number of hydrogen-bond acceptors (Lipinski definition) is 2. The van der Waals surface area contributed by atoms with Crippen molar-refractivity contribution >= 4 is 32.8 Å². The molecule has 2 heterocycles. The summed E-state index contributed by atoms with van der Waals surface area (Å²) >= 11 is 0. The van der Waals surface area contributed by atoms with Crippen molar-refractivity contribution in [3.05, 3.63) is 164 Å². The second kappa shape index (κ2) is 14.7. The molecular formula is C52H54O2Si. The minimum Gasteiger partial charge on any atom is -0.462 e. The fourth-order valence-corrected chi connectivity index (χ4v) is 10.6. The van der Waals surface area contributed by atoms with Gasteiger partial charge in [0.2, 0.25) is 0 Å². The Morgan fingerprint density at radius 3 is 1.22 bits per heavy atom. The van der Waals surface area contributed by atoms with E-state index in [4.69, 9.17) is 8.83 Å². The van der Waals surface area contributed by atoms with Crippen molar-refractivity contribution < 1.29 is 8.83 Å². The molecule has 0 saturated heterocycles. The smallest absolute Gasteiger partial charge is 0.130 e. The minimum atomic E-state index is 0.265. The lowest BCUT2D eigenvalue weighted by atomic mass is 9.86. The summed E-state index contributed by atoms with van der Waals surface area (Å²) in [5.41, 5.74) is 21.7. The summed E-state index contributed by atoms with van der Waals surface area (Å²) in [6.45, 7) is 22.3. The molecule has 4 aromatic carbocycles. The molecule has 2 aliphatic rings. The molecule has 2 radical (unpaired) electrons. The standard InChI is InChI=1S/C52H54O2Si/c1-29(2)37-13-17-39(18-14-37)51-35(9)31(5)23-41-45(51)25-43(49-21-11-33(7)53-49)47(41)27-55-28-48-42-24-32(6)36(10)52(40-19-15-38(16-20-40)30(3)4)46(42)26-44(48)50-22-12-34(8)54-50/h11-26,29-30,47-48H,27-28H2,1-10H3. The zero-order valence-electron chi connectivity index (χ0n) is 34.3. The first-order valence-electron chi connectivity index (χ1n) is 20.2. The first-order valence-corrected chi connectivity index (χ1v) is 21.6. The SMILES string of the molecule is Cc1ccc(C2=Cc3c(cc(C)c(C)c3-c3ccc(C(C)C)cc3)C2C[Si]CC2C(c3ccc(C)o3)=Cc3c2cc(C)c(C)c3-c2ccc(C(C)C)cc2)o1. The summed E-state index contributed by atoms with van der Waals surface area (Å²) in [6.07, 6.45) is 4.90. The van der Waals surface area contributed by atoms with Gasteiger partial charge in [-0.2, -0.15) is 0 Å². The van der Waals surface area contributed by atoms with Crippen molar-refractivity contribution in [2.45, 2.75) is 105 Å². The number of allylic oxidation sites excluding steroid dienone is 2. The molecule has 6 aromatic rings. The Labute approximate surface area is 331 Å². The van der Waals surface area contributed by atoms with E-state index in [9.17, 15) is 0 Å². The van der Waals surface area contributed by atoms with Crippen molar-refractivity contribution in [2.24, 2.45) is 0 Å². The normalized spacial score (nSPS) is 16.2.